The first-order valence-corrected chi connectivity index (χ1v) is 18.8. The SMILES string of the molecule is C(=Cc1ccc2c(c1)oc1cc(N(c3ccccc3)c3ccccc3)ccc12)c1ccc(-c2ccc3c4c2ccc2cccc(c24)n3-c2ccccc2)cc1. The molecule has 0 saturated heterocycles. The summed E-state index contributed by atoms with van der Waals surface area (Å²) in [7, 11) is 0. The number of anilines is 3. The van der Waals surface area contributed by atoms with Gasteiger partial charge in [-0.15, -0.1) is 0 Å². The summed E-state index contributed by atoms with van der Waals surface area (Å²) >= 11 is 0. The van der Waals surface area contributed by atoms with Crippen LogP contribution in [0.1, 0.15) is 11.1 Å². The van der Waals surface area contributed by atoms with E-state index in [4.69, 9.17) is 4.42 Å². The van der Waals surface area contributed by atoms with E-state index >= 15 is 0 Å². The fourth-order valence-corrected chi connectivity index (χ4v) is 8.39. The third-order valence-corrected chi connectivity index (χ3v) is 10.9. The monoisotopic (exact) mass is 702 g/mol. The highest BCUT2D eigenvalue weighted by Crippen LogP contribution is 2.43. The minimum Gasteiger partial charge on any atom is -0.456 e. The van der Waals surface area contributed by atoms with Crippen LogP contribution in [-0.2, 0) is 0 Å². The molecule has 3 nitrogen and oxygen atoms in total. The van der Waals surface area contributed by atoms with Gasteiger partial charge in [0.25, 0.3) is 0 Å². The number of nitrogens with zero attached hydrogens (tertiary/aromatic N) is 2. The van der Waals surface area contributed by atoms with Gasteiger partial charge in [-0.3, -0.25) is 0 Å². The molecule has 0 saturated carbocycles. The average Bonchev–Trinajstić information content (AvgIpc) is 3.79. The first-order chi connectivity index (χ1) is 27.3. The van der Waals surface area contributed by atoms with Crippen molar-refractivity contribution in [3.63, 3.8) is 0 Å². The number of furan rings is 1. The molecular weight excluding hydrogens is 669 g/mol. The van der Waals surface area contributed by atoms with Crippen molar-refractivity contribution in [2.24, 2.45) is 0 Å². The van der Waals surface area contributed by atoms with Gasteiger partial charge in [0, 0.05) is 50.4 Å². The minimum absolute atomic E-state index is 0.869. The molecule has 3 heteroatoms. The van der Waals surface area contributed by atoms with Crippen LogP contribution in [0.15, 0.2) is 199 Å². The normalized spacial score (nSPS) is 11.9. The molecule has 11 rings (SSSR count). The molecule has 0 aliphatic heterocycles. The number of hydrogen-bond donors (Lipinski definition) is 0. The Morgan fingerprint density at radius 1 is 0.418 bits per heavy atom. The van der Waals surface area contributed by atoms with Gasteiger partial charge in [0.05, 0.1) is 11.0 Å². The van der Waals surface area contributed by atoms with E-state index < -0.39 is 0 Å². The highest BCUT2D eigenvalue weighted by molar-refractivity contribution is 6.26. The molecule has 0 fully saturated rings. The molecule has 0 radical (unpaired) electrons. The predicted octanol–water partition coefficient (Wildman–Crippen LogP) is 14.6. The van der Waals surface area contributed by atoms with Crippen LogP contribution in [-0.4, -0.2) is 4.57 Å². The van der Waals surface area contributed by atoms with Crippen molar-refractivity contribution in [2.75, 3.05) is 4.90 Å². The van der Waals surface area contributed by atoms with Gasteiger partial charge in [-0.2, -0.15) is 0 Å². The molecule has 258 valence electrons. The first-order valence-electron chi connectivity index (χ1n) is 18.8. The fraction of sp³-hybridized carbons (Fsp3) is 0. The van der Waals surface area contributed by atoms with Gasteiger partial charge in [0.2, 0.25) is 0 Å². The maximum absolute atomic E-state index is 6.51. The summed E-state index contributed by atoms with van der Waals surface area (Å²) in [4.78, 5) is 2.26. The Labute approximate surface area is 318 Å². The van der Waals surface area contributed by atoms with Gasteiger partial charge >= 0.3 is 0 Å². The van der Waals surface area contributed by atoms with Crippen LogP contribution in [0.3, 0.4) is 0 Å². The summed E-state index contributed by atoms with van der Waals surface area (Å²) in [5, 5.41) is 7.41. The molecule has 2 heterocycles. The number of para-hydroxylation sites is 3. The molecule has 0 amide bonds. The molecule has 0 bridgehead atoms. The van der Waals surface area contributed by atoms with Crippen molar-refractivity contribution in [1.82, 2.24) is 4.57 Å². The predicted molar refractivity (Wildman–Crippen MR) is 232 cm³/mol. The van der Waals surface area contributed by atoms with Crippen molar-refractivity contribution < 1.29 is 4.42 Å². The van der Waals surface area contributed by atoms with E-state index in [0.717, 1.165) is 50.1 Å². The van der Waals surface area contributed by atoms with E-state index in [1.807, 2.05) is 12.1 Å². The van der Waals surface area contributed by atoms with E-state index in [2.05, 4.69) is 204 Å². The Balaban J connectivity index is 0.902. The lowest BCUT2D eigenvalue weighted by molar-refractivity contribution is 0.669. The summed E-state index contributed by atoms with van der Waals surface area (Å²) in [5.41, 5.74) is 13.4. The molecule has 11 aromatic rings. The van der Waals surface area contributed by atoms with Crippen molar-refractivity contribution >= 4 is 83.7 Å². The topological polar surface area (TPSA) is 21.3 Å². The summed E-state index contributed by atoms with van der Waals surface area (Å²) in [5.74, 6) is 0. The second kappa shape index (κ2) is 12.6. The molecule has 55 heavy (non-hydrogen) atoms. The number of rotatable bonds is 7. The van der Waals surface area contributed by atoms with Gasteiger partial charge < -0.3 is 13.9 Å². The summed E-state index contributed by atoms with van der Waals surface area (Å²) in [6.45, 7) is 0. The van der Waals surface area contributed by atoms with Crippen LogP contribution in [0.4, 0.5) is 17.1 Å². The Kier molecular flexibility index (Phi) is 7.17. The summed E-state index contributed by atoms with van der Waals surface area (Å²) < 4.78 is 8.91. The fourth-order valence-electron chi connectivity index (χ4n) is 8.39. The Morgan fingerprint density at radius 2 is 1.04 bits per heavy atom. The van der Waals surface area contributed by atoms with Gasteiger partial charge in [-0.1, -0.05) is 127 Å². The van der Waals surface area contributed by atoms with Gasteiger partial charge in [-0.05, 0) is 106 Å². The van der Waals surface area contributed by atoms with Crippen LogP contribution in [0.25, 0.3) is 83.5 Å². The van der Waals surface area contributed by atoms with Crippen LogP contribution in [0, 0.1) is 0 Å². The Morgan fingerprint density at radius 3 is 1.78 bits per heavy atom. The van der Waals surface area contributed by atoms with E-state index in [1.54, 1.807) is 0 Å². The van der Waals surface area contributed by atoms with Crippen molar-refractivity contribution in [3.05, 3.63) is 205 Å². The molecule has 0 N–H and O–H groups in total. The van der Waals surface area contributed by atoms with Gasteiger partial charge in [0.15, 0.2) is 0 Å². The Hall–Kier alpha value is -7.36. The molecular formula is C52H34N2O. The molecule has 0 spiro atoms. The zero-order valence-corrected chi connectivity index (χ0v) is 29.9. The molecule has 0 unspecified atom stereocenters. The van der Waals surface area contributed by atoms with E-state index in [1.165, 1.54) is 49.4 Å². The molecule has 9 aromatic carbocycles. The van der Waals surface area contributed by atoms with Crippen LogP contribution >= 0.6 is 0 Å². The second-order valence-electron chi connectivity index (χ2n) is 14.2. The van der Waals surface area contributed by atoms with E-state index in [-0.39, 0.29) is 0 Å². The number of hydrogen-bond acceptors (Lipinski definition) is 2. The number of benzene rings is 9. The highest BCUT2D eigenvalue weighted by Gasteiger charge is 2.19. The van der Waals surface area contributed by atoms with Crippen LogP contribution in [0.2, 0.25) is 0 Å². The molecule has 0 atom stereocenters. The van der Waals surface area contributed by atoms with Crippen molar-refractivity contribution in [2.45, 2.75) is 0 Å². The van der Waals surface area contributed by atoms with E-state index in [9.17, 15) is 0 Å². The van der Waals surface area contributed by atoms with Crippen LogP contribution < -0.4 is 4.90 Å². The standard InChI is InChI=1S/C52H34N2O/c1-4-12-39(13-5-1)53(40-14-6-2-7-15-40)42-27-30-45-44-28-23-36(33-49(44)55-50(45)34-42)20-19-35-21-24-37(25-22-35)43-31-32-48-52-46(43)29-26-38-11-10-18-47(51(38)52)54(48)41-16-8-3-9-17-41/h1-34H. The van der Waals surface area contributed by atoms with Gasteiger partial charge in [-0.25, -0.2) is 0 Å². The summed E-state index contributed by atoms with van der Waals surface area (Å²) in [6.07, 6.45) is 4.34. The quantitative estimate of drug-likeness (QED) is 0.122. The van der Waals surface area contributed by atoms with E-state index in [0.29, 0.717) is 0 Å². The summed E-state index contributed by atoms with van der Waals surface area (Å²) in [6, 6.07) is 69.2. The lowest BCUT2D eigenvalue weighted by Gasteiger charge is -2.25. The van der Waals surface area contributed by atoms with Crippen molar-refractivity contribution in [1.29, 1.82) is 0 Å². The van der Waals surface area contributed by atoms with Crippen molar-refractivity contribution in [3.8, 4) is 16.8 Å². The largest absolute Gasteiger partial charge is 0.456 e. The second-order valence-corrected chi connectivity index (χ2v) is 14.2. The van der Waals surface area contributed by atoms with Crippen LogP contribution in [0.5, 0.6) is 0 Å². The third kappa shape index (κ3) is 5.20. The Bertz CT molecular complexity index is 3130. The zero-order chi connectivity index (χ0) is 36.3. The maximum atomic E-state index is 6.51. The molecule has 0 aliphatic rings. The zero-order valence-electron chi connectivity index (χ0n) is 29.9. The number of aromatic nitrogens is 1. The smallest absolute Gasteiger partial charge is 0.137 e. The minimum atomic E-state index is 0.869. The average molecular weight is 703 g/mol. The molecule has 0 aliphatic carbocycles. The first kappa shape index (κ1) is 31.2. The highest BCUT2D eigenvalue weighted by atomic mass is 16.3. The molecule has 2 aromatic heterocycles. The lowest BCUT2D eigenvalue weighted by atomic mass is 9.94. The lowest BCUT2D eigenvalue weighted by Crippen LogP contribution is -2.09. The maximum Gasteiger partial charge on any atom is 0.137 e. The third-order valence-electron chi connectivity index (χ3n) is 10.9. The van der Waals surface area contributed by atoms with Gasteiger partial charge in [0.1, 0.15) is 11.2 Å². The number of fused-ring (bicyclic) bond motifs is 3.